The minimum absolute atomic E-state index is 0.784. The molecule has 1 aromatic rings. The second-order valence-corrected chi connectivity index (χ2v) is 3.31. The largest absolute Gasteiger partial charge is 0.323 e. The zero-order valence-corrected chi connectivity index (χ0v) is 7.30. The van der Waals surface area contributed by atoms with Crippen LogP contribution in [0.5, 0.6) is 0 Å². The second-order valence-electron chi connectivity index (χ2n) is 2.88. The second kappa shape index (κ2) is 2.79. The fourth-order valence-corrected chi connectivity index (χ4v) is 1.77. The van der Waals surface area contributed by atoms with Gasteiger partial charge in [-0.05, 0) is 30.5 Å². The van der Waals surface area contributed by atoms with E-state index in [0.717, 1.165) is 29.1 Å². The molecule has 62 valence electrons. The molecule has 0 saturated carbocycles. The van der Waals surface area contributed by atoms with Crippen molar-refractivity contribution in [1.82, 2.24) is 0 Å². The monoisotopic (exact) mass is 180 g/mol. The molecule has 0 aliphatic heterocycles. The summed E-state index contributed by atoms with van der Waals surface area (Å²) in [5.74, 6) is 5.24. The molecule has 0 fully saturated rings. The molecular formula is C9H9ClN2. The zero-order valence-electron chi connectivity index (χ0n) is 6.55. The lowest BCUT2D eigenvalue weighted by Gasteiger charge is -1.98. The number of hydrogen-bond acceptors (Lipinski definition) is 2. The Balaban J connectivity index is 2.55. The molecule has 2 rings (SSSR count). The van der Waals surface area contributed by atoms with E-state index in [4.69, 9.17) is 17.4 Å². The van der Waals surface area contributed by atoms with E-state index >= 15 is 0 Å². The Morgan fingerprint density at radius 1 is 1.33 bits per heavy atom. The quantitative estimate of drug-likeness (QED) is 0.481. The predicted octanol–water partition coefficient (Wildman–Crippen LogP) is 1.95. The lowest BCUT2D eigenvalue weighted by molar-refractivity contribution is 1.08. The molecule has 2 nitrogen and oxygen atoms in total. The molecule has 0 spiro atoms. The summed E-state index contributed by atoms with van der Waals surface area (Å²) in [7, 11) is 0. The van der Waals surface area contributed by atoms with E-state index in [1.807, 2.05) is 18.2 Å². The third-order valence-corrected chi connectivity index (χ3v) is 2.40. The van der Waals surface area contributed by atoms with Crippen LogP contribution < -0.4 is 5.84 Å². The highest BCUT2D eigenvalue weighted by Crippen LogP contribution is 2.25. The van der Waals surface area contributed by atoms with Gasteiger partial charge in [0.2, 0.25) is 0 Å². The van der Waals surface area contributed by atoms with Gasteiger partial charge in [0.05, 0.1) is 5.71 Å². The molecule has 1 aromatic carbocycles. The van der Waals surface area contributed by atoms with Gasteiger partial charge in [-0.25, -0.2) is 0 Å². The van der Waals surface area contributed by atoms with Crippen molar-refractivity contribution in [3.05, 3.63) is 34.3 Å². The van der Waals surface area contributed by atoms with Gasteiger partial charge in [-0.2, -0.15) is 5.10 Å². The normalized spacial score (nSPS) is 18.2. The highest BCUT2D eigenvalue weighted by molar-refractivity contribution is 6.30. The van der Waals surface area contributed by atoms with Gasteiger partial charge in [-0.1, -0.05) is 17.7 Å². The van der Waals surface area contributed by atoms with Crippen LogP contribution in [0.1, 0.15) is 17.5 Å². The molecule has 1 aliphatic rings. The molecule has 0 amide bonds. The molecule has 2 N–H and O–H groups in total. The Morgan fingerprint density at radius 3 is 2.92 bits per heavy atom. The van der Waals surface area contributed by atoms with Gasteiger partial charge in [-0.3, -0.25) is 0 Å². The summed E-state index contributed by atoms with van der Waals surface area (Å²) in [6.45, 7) is 0. The first kappa shape index (κ1) is 7.62. The van der Waals surface area contributed by atoms with E-state index < -0.39 is 0 Å². The summed E-state index contributed by atoms with van der Waals surface area (Å²) < 4.78 is 0. The molecule has 0 radical (unpaired) electrons. The average molecular weight is 181 g/mol. The summed E-state index contributed by atoms with van der Waals surface area (Å²) in [6.07, 6.45) is 1.94. The Kier molecular flexibility index (Phi) is 1.77. The van der Waals surface area contributed by atoms with E-state index in [0.29, 0.717) is 0 Å². The number of hydrazone groups is 1. The van der Waals surface area contributed by atoms with Crippen LogP contribution in [0, 0.1) is 0 Å². The molecule has 0 bridgehead atoms. The lowest BCUT2D eigenvalue weighted by Crippen LogP contribution is -1.98. The first-order valence-electron chi connectivity index (χ1n) is 3.87. The maximum absolute atomic E-state index is 5.84. The van der Waals surface area contributed by atoms with Crippen molar-refractivity contribution in [2.45, 2.75) is 12.8 Å². The molecule has 0 atom stereocenters. The van der Waals surface area contributed by atoms with Gasteiger partial charge in [0, 0.05) is 10.6 Å². The van der Waals surface area contributed by atoms with Gasteiger partial charge in [-0.15, -0.1) is 0 Å². The topological polar surface area (TPSA) is 38.4 Å². The standard InChI is InChI=1S/C9H9ClN2/c10-7-2-3-8-6(5-7)1-4-9(8)12-11/h2-3,5H,1,4,11H2/b12-9-. The summed E-state index contributed by atoms with van der Waals surface area (Å²) in [4.78, 5) is 0. The van der Waals surface area contributed by atoms with Crippen molar-refractivity contribution in [1.29, 1.82) is 0 Å². The Bertz CT molecular complexity index is 344. The Hall–Kier alpha value is -1.02. The van der Waals surface area contributed by atoms with Crippen molar-refractivity contribution in [2.75, 3.05) is 0 Å². The first-order valence-corrected chi connectivity index (χ1v) is 4.24. The van der Waals surface area contributed by atoms with E-state index in [9.17, 15) is 0 Å². The molecule has 0 heterocycles. The highest BCUT2D eigenvalue weighted by atomic mass is 35.5. The molecule has 0 unspecified atom stereocenters. The van der Waals surface area contributed by atoms with Crippen LogP contribution in [0.25, 0.3) is 0 Å². The minimum atomic E-state index is 0.784. The van der Waals surface area contributed by atoms with Gasteiger partial charge >= 0.3 is 0 Å². The van der Waals surface area contributed by atoms with Gasteiger partial charge in [0.1, 0.15) is 0 Å². The van der Waals surface area contributed by atoms with E-state index in [2.05, 4.69) is 5.10 Å². The average Bonchev–Trinajstić information content (AvgIpc) is 2.46. The summed E-state index contributed by atoms with van der Waals surface area (Å²) in [5, 5.41) is 4.52. The fraction of sp³-hybridized carbons (Fsp3) is 0.222. The van der Waals surface area contributed by atoms with Crippen molar-refractivity contribution in [2.24, 2.45) is 10.9 Å². The Labute approximate surface area is 76.0 Å². The van der Waals surface area contributed by atoms with Crippen molar-refractivity contribution < 1.29 is 0 Å². The van der Waals surface area contributed by atoms with Crippen LogP contribution in [0.2, 0.25) is 5.02 Å². The van der Waals surface area contributed by atoms with Crippen LogP contribution in [0.4, 0.5) is 0 Å². The third-order valence-electron chi connectivity index (χ3n) is 2.17. The number of nitrogens with zero attached hydrogens (tertiary/aromatic N) is 1. The smallest absolute Gasteiger partial charge is 0.0678 e. The Morgan fingerprint density at radius 2 is 2.17 bits per heavy atom. The molecule has 0 saturated heterocycles. The molecule has 3 heteroatoms. The van der Waals surface area contributed by atoms with Crippen molar-refractivity contribution >= 4 is 17.3 Å². The number of halogens is 1. The zero-order chi connectivity index (χ0) is 8.55. The van der Waals surface area contributed by atoms with Crippen LogP contribution in [-0.2, 0) is 6.42 Å². The number of aryl methyl sites for hydroxylation is 1. The lowest BCUT2D eigenvalue weighted by atomic mass is 10.1. The minimum Gasteiger partial charge on any atom is -0.323 e. The van der Waals surface area contributed by atoms with Crippen molar-refractivity contribution in [3.8, 4) is 0 Å². The molecule has 1 aliphatic carbocycles. The van der Waals surface area contributed by atoms with Crippen molar-refractivity contribution in [3.63, 3.8) is 0 Å². The first-order chi connectivity index (χ1) is 5.81. The predicted molar refractivity (Wildman–Crippen MR) is 50.5 cm³/mol. The molecular weight excluding hydrogens is 172 g/mol. The maximum Gasteiger partial charge on any atom is 0.0678 e. The number of rotatable bonds is 0. The summed E-state index contributed by atoms with van der Waals surface area (Å²) >= 11 is 5.84. The maximum atomic E-state index is 5.84. The number of fused-ring (bicyclic) bond motifs is 1. The van der Waals surface area contributed by atoms with Crippen LogP contribution >= 0.6 is 11.6 Å². The molecule has 12 heavy (non-hydrogen) atoms. The number of nitrogens with two attached hydrogens (primary N) is 1. The third kappa shape index (κ3) is 1.08. The van der Waals surface area contributed by atoms with Crippen LogP contribution in [0.3, 0.4) is 0 Å². The van der Waals surface area contributed by atoms with Crippen LogP contribution in [-0.4, -0.2) is 5.71 Å². The number of hydrogen-bond donors (Lipinski definition) is 1. The van der Waals surface area contributed by atoms with Crippen LogP contribution in [0.15, 0.2) is 23.3 Å². The molecule has 0 aromatic heterocycles. The SMILES string of the molecule is N/N=C1/CCc2cc(Cl)ccc21. The van der Waals surface area contributed by atoms with E-state index in [-0.39, 0.29) is 0 Å². The number of benzene rings is 1. The summed E-state index contributed by atoms with van der Waals surface area (Å²) in [5.41, 5.74) is 3.40. The van der Waals surface area contributed by atoms with E-state index in [1.165, 1.54) is 5.56 Å². The van der Waals surface area contributed by atoms with Gasteiger partial charge < -0.3 is 5.84 Å². The van der Waals surface area contributed by atoms with E-state index in [1.54, 1.807) is 0 Å². The fourth-order valence-electron chi connectivity index (χ4n) is 1.57. The van der Waals surface area contributed by atoms with Gasteiger partial charge in [0.15, 0.2) is 0 Å². The summed E-state index contributed by atoms with van der Waals surface area (Å²) in [6, 6.07) is 5.84. The highest BCUT2D eigenvalue weighted by Gasteiger charge is 2.16. The van der Waals surface area contributed by atoms with Gasteiger partial charge in [0.25, 0.3) is 0 Å².